The molecule has 0 saturated carbocycles. The van der Waals surface area contributed by atoms with Gasteiger partial charge in [-0.3, -0.25) is 0 Å². The summed E-state index contributed by atoms with van der Waals surface area (Å²) in [7, 11) is 0. The Hall–Kier alpha value is -1.11. The Morgan fingerprint density at radius 1 is 1.23 bits per heavy atom. The van der Waals surface area contributed by atoms with E-state index < -0.39 is 10.9 Å². The molecule has 116 valence electrons. The summed E-state index contributed by atoms with van der Waals surface area (Å²) >= 11 is 12.0. The number of nitrogens with zero attached hydrogens (tertiary/aromatic N) is 1. The van der Waals surface area contributed by atoms with Gasteiger partial charge in [0.1, 0.15) is 0 Å². The Bertz CT molecular complexity index is 816. The topological polar surface area (TPSA) is 28.7 Å². The van der Waals surface area contributed by atoms with Crippen molar-refractivity contribution in [2.45, 2.75) is 22.0 Å². The van der Waals surface area contributed by atoms with Crippen molar-refractivity contribution in [3.05, 3.63) is 45.5 Å². The first kappa shape index (κ1) is 15.8. The van der Waals surface area contributed by atoms with Gasteiger partial charge in [-0.05, 0) is 29.8 Å². The number of rotatable bonds is 2. The number of aromatic amines is 1. The number of benzene rings is 1. The molecule has 8 heteroatoms. The molecule has 0 amide bonds. The average Bonchev–Trinajstić information content (AvgIpc) is 2.76. The van der Waals surface area contributed by atoms with E-state index in [1.165, 1.54) is 0 Å². The van der Waals surface area contributed by atoms with Crippen LogP contribution in [0.2, 0.25) is 5.02 Å². The molecule has 0 fully saturated rings. The van der Waals surface area contributed by atoms with Crippen LogP contribution in [0.1, 0.15) is 11.5 Å². The van der Waals surface area contributed by atoms with Gasteiger partial charge in [-0.15, -0.1) is 11.6 Å². The van der Waals surface area contributed by atoms with Crippen molar-refractivity contribution in [2.75, 3.05) is 0 Å². The number of H-pyrrole nitrogens is 1. The van der Waals surface area contributed by atoms with Gasteiger partial charge >= 0.3 is 5.51 Å². The van der Waals surface area contributed by atoms with Gasteiger partial charge in [-0.1, -0.05) is 23.7 Å². The fraction of sp³-hybridized carbons (Fsp3) is 0.214. The third kappa shape index (κ3) is 3.45. The summed E-state index contributed by atoms with van der Waals surface area (Å²) in [5, 5.41) is 0.963. The monoisotopic (exact) mass is 364 g/mol. The van der Waals surface area contributed by atoms with E-state index in [-0.39, 0.29) is 22.8 Å². The molecule has 1 aromatic carbocycles. The van der Waals surface area contributed by atoms with Gasteiger partial charge < -0.3 is 4.98 Å². The van der Waals surface area contributed by atoms with Crippen LogP contribution < -0.4 is 10.7 Å². The lowest BCUT2D eigenvalue weighted by Crippen LogP contribution is -2.32. The molecule has 3 rings (SSSR count). The Kier molecular flexibility index (Phi) is 4.18. The molecule has 2 aromatic rings. The second-order valence-electron chi connectivity index (χ2n) is 4.75. The number of imidazole rings is 1. The van der Waals surface area contributed by atoms with Crippen molar-refractivity contribution in [3.8, 4) is 0 Å². The number of thioether (sulfide) groups is 1. The second kappa shape index (κ2) is 5.83. The third-order valence-corrected chi connectivity index (χ3v) is 4.44. The predicted octanol–water partition coefficient (Wildman–Crippen LogP) is 3.64. The van der Waals surface area contributed by atoms with Crippen molar-refractivity contribution < 1.29 is 13.2 Å². The van der Waals surface area contributed by atoms with Crippen molar-refractivity contribution in [3.63, 3.8) is 0 Å². The minimum Gasteiger partial charge on any atom is -0.333 e. The van der Waals surface area contributed by atoms with Crippen LogP contribution in [-0.2, 0) is 0 Å². The summed E-state index contributed by atoms with van der Waals surface area (Å²) in [6.45, 7) is 0. The lowest BCUT2D eigenvalue weighted by molar-refractivity contribution is -0.0330. The number of aromatic nitrogens is 2. The summed E-state index contributed by atoms with van der Waals surface area (Å²) in [4.78, 5) is 6.62. The number of hydrogen-bond donors (Lipinski definition) is 1. The van der Waals surface area contributed by atoms with E-state index in [1.54, 1.807) is 30.4 Å². The number of alkyl halides is 4. The molecule has 0 aliphatic heterocycles. The van der Waals surface area contributed by atoms with Crippen molar-refractivity contribution in [1.29, 1.82) is 0 Å². The summed E-state index contributed by atoms with van der Waals surface area (Å²) in [6, 6.07) is 7.22. The molecular weight excluding hydrogens is 356 g/mol. The largest absolute Gasteiger partial charge is 0.449 e. The highest BCUT2D eigenvalue weighted by molar-refractivity contribution is 8.00. The molecule has 1 aliphatic carbocycles. The Morgan fingerprint density at radius 2 is 2.00 bits per heavy atom. The highest BCUT2D eigenvalue weighted by atomic mass is 35.5. The molecule has 2 atom stereocenters. The zero-order valence-electron chi connectivity index (χ0n) is 10.9. The molecule has 2 nitrogen and oxygen atoms in total. The molecule has 1 aliphatic rings. The van der Waals surface area contributed by atoms with E-state index >= 15 is 0 Å². The Labute approximate surface area is 138 Å². The molecule has 1 aromatic heterocycles. The van der Waals surface area contributed by atoms with E-state index in [4.69, 9.17) is 23.2 Å². The van der Waals surface area contributed by atoms with Gasteiger partial charge in [0, 0.05) is 22.7 Å². The molecule has 0 spiro atoms. The summed E-state index contributed by atoms with van der Waals surface area (Å²) in [5.41, 5.74) is -3.49. The molecule has 22 heavy (non-hydrogen) atoms. The first-order chi connectivity index (χ1) is 10.3. The van der Waals surface area contributed by atoms with Crippen LogP contribution in [-0.4, -0.2) is 20.9 Å². The molecule has 0 radical (unpaired) electrons. The Morgan fingerprint density at radius 3 is 2.68 bits per heavy atom. The first-order valence-electron chi connectivity index (χ1n) is 6.27. The maximum absolute atomic E-state index is 12.4. The maximum Gasteiger partial charge on any atom is 0.449 e. The van der Waals surface area contributed by atoms with Crippen molar-refractivity contribution >= 4 is 47.1 Å². The van der Waals surface area contributed by atoms with Crippen LogP contribution in [0.15, 0.2) is 29.4 Å². The zero-order valence-corrected chi connectivity index (χ0v) is 13.2. The Balaban J connectivity index is 2.00. The third-order valence-electron chi connectivity index (χ3n) is 3.19. The molecule has 1 heterocycles. The predicted molar refractivity (Wildman–Crippen MR) is 82.5 cm³/mol. The van der Waals surface area contributed by atoms with Crippen molar-refractivity contribution in [2.24, 2.45) is 0 Å². The molecule has 1 N–H and O–H groups in total. The van der Waals surface area contributed by atoms with Crippen molar-refractivity contribution in [1.82, 2.24) is 9.97 Å². The van der Waals surface area contributed by atoms with Gasteiger partial charge in [0.05, 0.1) is 16.1 Å². The van der Waals surface area contributed by atoms with E-state index in [2.05, 4.69) is 9.97 Å². The first-order valence-corrected chi connectivity index (χ1v) is 7.90. The SMILES string of the molecule is FC(F)(F)Sc1nc2c([nH]1)=C[C@@H](Cl)C(c1cccc(Cl)c1)C=2. The quantitative estimate of drug-likeness (QED) is 0.650. The van der Waals surface area contributed by atoms with Gasteiger partial charge in [-0.25, -0.2) is 4.98 Å². The normalized spacial score (nSPS) is 21.0. The van der Waals surface area contributed by atoms with E-state index in [0.717, 1.165) is 5.56 Å². The second-order valence-corrected chi connectivity index (χ2v) is 6.74. The van der Waals surface area contributed by atoms with E-state index in [0.29, 0.717) is 15.7 Å². The van der Waals surface area contributed by atoms with Crippen LogP contribution in [0, 0.1) is 0 Å². The van der Waals surface area contributed by atoms with Gasteiger partial charge in [0.2, 0.25) is 0 Å². The van der Waals surface area contributed by atoms with Gasteiger partial charge in [0.15, 0.2) is 5.16 Å². The zero-order chi connectivity index (χ0) is 15.9. The van der Waals surface area contributed by atoms with Gasteiger partial charge in [0.25, 0.3) is 0 Å². The van der Waals surface area contributed by atoms with E-state index in [1.807, 2.05) is 6.07 Å². The highest BCUT2D eigenvalue weighted by Crippen LogP contribution is 2.34. The average molecular weight is 365 g/mol. The minimum absolute atomic E-state index is 0.194. The number of fused-ring (bicyclic) bond motifs is 1. The fourth-order valence-electron chi connectivity index (χ4n) is 2.31. The smallest absolute Gasteiger partial charge is 0.333 e. The number of hydrogen-bond acceptors (Lipinski definition) is 2. The van der Waals surface area contributed by atoms with Gasteiger partial charge in [-0.2, -0.15) is 13.2 Å². The molecule has 1 unspecified atom stereocenters. The maximum atomic E-state index is 12.4. The number of halogens is 5. The van der Waals surface area contributed by atoms with Crippen LogP contribution in [0.3, 0.4) is 0 Å². The number of nitrogens with one attached hydrogen (secondary N) is 1. The highest BCUT2D eigenvalue weighted by Gasteiger charge is 2.31. The molecule has 0 saturated heterocycles. The summed E-state index contributed by atoms with van der Waals surface area (Å²) in [5.74, 6) is -0.195. The minimum atomic E-state index is -4.38. The lowest BCUT2D eigenvalue weighted by Gasteiger charge is -2.18. The van der Waals surface area contributed by atoms with Crippen LogP contribution >= 0.6 is 35.0 Å². The molecular formula is C14H9Cl2F3N2S. The summed E-state index contributed by atoms with van der Waals surface area (Å²) in [6.07, 6.45) is 3.44. The van der Waals surface area contributed by atoms with Crippen LogP contribution in [0.4, 0.5) is 13.2 Å². The molecule has 0 bridgehead atoms. The van der Waals surface area contributed by atoms with Crippen LogP contribution in [0.5, 0.6) is 0 Å². The summed E-state index contributed by atoms with van der Waals surface area (Å²) < 4.78 is 37.2. The standard InChI is InChI=1S/C14H9Cl2F3N2S/c15-8-3-1-2-7(4-8)9-5-11-12(6-10(9)16)21-13(20-11)22-14(17,18)19/h1-6,9-10H,(H,20,21)/t9?,10-/m1/s1. The fourth-order valence-corrected chi connectivity index (χ4v) is 3.37. The lowest BCUT2D eigenvalue weighted by atomic mass is 9.92. The van der Waals surface area contributed by atoms with E-state index in [9.17, 15) is 13.2 Å². The van der Waals surface area contributed by atoms with Crippen LogP contribution in [0.25, 0.3) is 12.2 Å².